The number of hydrogen-bond donors (Lipinski definition) is 0. The van der Waals surface area contributed by atoms with E-state index in [1.165, 1.54) is 0 Å². The molecule has 1 unspecified atom stereocenters. The maximum absolute atomic E-state index is 12.8. The number of carbonyl (C=O) groups excluding carboxylic acids is 1. The van der Waals surface area contributed by atoms with Crippen molar-refractivity contribution in [1.29, 1.82) is 0 Å². The summed E-state index contributed by atoms with van der Waals surface area (Å²) in [5, 5.41) is 0. The summed E-state index contributed by atoms with van der Waals surface area (Å²) < 4.78 is 0. The number of benzene rings is 2. The fourth-order valence-electron chi connectivity index (χ4n) is 2.85. The minimum Gasteiger partial charge on any atom is -0.293 e. The molecule has 0 saturated heterocycles. The number of allylic oxidation sites excluding steroid dienone is 4. The van der Waals surface area contributed by atoms with E-state index >= 15 is 0 Å². The van der Waals surface area contributed by atoms with Crippen molar-refractivity contribution >= 4 is 11.4 Å². The first-order valence-corrected chi connectivity index (χ1v) is 7.22. The van der Waals surface area contributed by atoms with Gasteiger partial charge < -0.3 is 0 Å². The van der Waals surface area contributed by atoms with Gasteiger partial charge >= 0.3 is 0 Å². The first-order valence-electron chi connectivity index (χ1n) is 7.22. The molecule has 1 aliphatic carbocycles. The smallest absolute Gasteiger partial charge is 0.174 e. The summed E-state index contributed by atoms with van der Waals surface area (Å²) in [5.74, 6) is 0.0264. The molecule has 1 aliphatic rings. The van der Waals surface area contributed by atoms with Crippen molar-refractivity contribution in [2.24, 2.45) is 0 Å². The van der Waals surface area contributed by atoms with E-state index in [4.69, 9.17) is 0 Å². The van der Waals surface area contributed by atoms with Gasteiger partial charge in [0.05, 0.1) is 5.92 Å². The van der Waals surface area contributed by atoms with Gasteiger partial charge in [0.1, 0.15) is 0 Å². The molecule has 0 saturated carbocycles. The lowest BCUT2D eigenvalue weighted by Crippen LogP contribution is -2.10. The number of ketones is 1. The molecule has 2 aromatic rings. The van der Waals surface area contributed by atoms with Crippen LogP contribution in [0.4, 0.5) is 0 Å². The Labute approximate surface area is 125 Å². The quantitative estimate of drug-likeness (QED) is 0.721. The van der Waals surface area contributed by atoms with Gasteiger partial charge in [-0.1, -0.05) is 66.2 Å². The largest absolute Gasteiger partial charge is 0.293 e. The molecule has 0 spiro atoms. The van der Waals surface area contributed by atoms with Gasteiger partial charge in [-0.05, 0) is 36.6 Å². The summed E-state index contributed by atoms with van der Waals surface area (Å²) >= 11 is 0. The first kappa shape index (κ1) is 13.6. The predicted octanol–water partition coefficient (Wildman–Crippen LogP) is 4.77. The third-order valence-electron chi connectivity index (χ3n) is 3.92. The topological polar surface area (TPSA) is 17.1 Å². The molecule has 0 fully saturated rings. The molecule has 1 heteroatoms. The van der Waals surface area contributed by atoms with Crippen molar-refractivity contribution in [3.05, 3.63) is 89.0 Å². The van der Waals surface area contributed by atoms with Crippen LogP contribution in [-0.2, 0) is 4.79 Å². The van der Waals surface area contributed by atoms with E-state index in [9.17, 15) is 4.79 Å². The lowest BCUT2D eigenvalue weighted by Gasteiger charge is -2.14. The molecule has 3 rings (SSSR count). The molecule has 0 radical (unpaired) electrons. The van der Waals surface area contributed by atoms with Crippen LogP contribution in [-0.4, -0.2) is 5.78 Å². The van der Waals surface area contributed by atoms with E-state index in [0.29, 0.717) is 0 Å². The molecule has 0 aliphatic heterocycles. The summed E-state index contributed by atoms with van der Waals surface area (Å²) in [5.41, 5.74) is 5.21. The van der Waals surface area contributed by atoms with E-state index < -0.39 is 0 Å². The lowest BCUT2D eigenvalue weighted by molar-refractivity contribution is -0.115. The Morgan fingerprint density at radius 3 is 2.00 bits per heavy atom. The fourth-order valence-corrected chi connectivity index (χ4v) is 2.85. The van der Waals surface area contributed by atoms with Gasteiger partial charge in [0.15, 0.2) is 5.78 Å². The average Bonchev–Trinajstić information content (AvgIpc) is 2.87. The van der Waals surface area contributed by atoms with Crippen LogP contribution >= 0.6 is 0 Å². The van der Waals surface area contributed by atoms with Crippen LogP contribution in [0.2, 0.25) is 0 Å². The zero-order valence-corrected chi connectivity index (χ0v) is 12.3. The highest BCUT2D eigenvalue weighted by molar-refractivity contribution is 6.16. The first-order chi connectivity index (χ1) is 10.2. The summed E-state index contributed by atoms with van der Waals surface area (Å²) in [6, 6.07) is 20.2. The van der Waals surface area contributed by atoms with E-state index in [1.54, 1.807) is 0 Å². The summed E-state index contributed by atoms with van der Waals surface area (Å²) in [6.07, 6.45) is 2.06. The molecular formula is C20H18O. The average molecular weight is 274 g/mol. The molecule has 2 aromatic carbocycles. The van der Waals surface area contributed by atoms with E-state index in [2.05, 4.69) is 18.2 Å². The Kier molecular flexibility index (Phi) is 3.57. The number of rotatable bonds is 2. The molecule has 21 heavy (non-hydrogen) atoms. The van der Waals surface area contributed by atoms with Crippen molar-refractivity contribution < 1.29 is 4.79 Å². The minimum absolute atomic E-state index is 0.182. The highest BCUT2D eigenvalue weighted by Gasteiger charge is 2.33. The Hall–Kier alpha value is -2.41. The van der Waals surface area contributed by atoms with Gasteiger partial charge in [0.25, 0.3) is 0 Å². The highest BCUT2D eigenvalue weighted by atomic mass is 16.1. The van der Waals surface area contributed by atoms with E-state index in [0.717, 1.165) is 27.8 Å². The normalized spacial score (nSPS) is 17.8. The van der Waals surface area contributed by atoms with Crippen molar-refractivity contribution in [3.8, 4) is 0 Å². The summed E-state index contributed by atoms with van der Waals surface area (Å²) in [4.78, 5) is 12.8. The summed E-state index contributed by atoms with van der Waals surface area (Å²) in [6.45, 7) is 4.00. The van der Waals surface area contributed by atoms with Gasteiger partial charge in [-0.3, -0.25) is 4.79 Å². The van der Waals surface area contributed by atoms with Crippen LogP contribution in [0.1, 0.15) is 30.9 Å². The van der Waals surface area contributed by atoms with Crippen LogP contribution in [0, 0.1) is 0 Å². The van der Waals surface area contributed by atoms with E-state index in [1.807, 2.05) is 62.4 Å². The van der Waals surface area contributed by atoms with Crippen molar-refractivity contribution in [2.75, 3.05) is 0 Å². The Morgan fingerprint density at radius 1 is 0.857 bits per heavy atom. The molecule has 0 bridgehead atoms. The zero-order chi connectivity index (χ0) is 14.8. The van der Waals surface area contributed by atoms with Crippen LogP contribution < -0.4 is 0 Å². The van der Waals surface area contributed by atoms with Gasteiger partial charge in [0, 0.05) is 5.57 Å². The van der Waals surface area contributed by atoms with Crippen LogP contribution in [0.5, 0.6) is 0 Å². The van der Waals surface area contributed by atoms with Gasteiger partial charge in [-0.25, -0.2) is 0 Å². The number of Topliss-reactive ketones (excluding diaryl/α,β-unsaturated/α-hetero) is 1. The molecule has 1 nitrogen and oxygen atoms in total. The standard InChI is InChI=1S/C20H18O/c1-14(2)17-13-18(15-9-5-3-6-10-15)19(20(17)21)16-11-7-4-8-12-16/h3-13,19H,1-2H3. The molecule has 0 amide bonds. The van der Waals surface area contributed by atoms with Crippen LogP contribution in [0.15, 0.2) is 77.9 Å². The monoisotopic (exact) mass is 274 g/mol. The minimum atomic E-state index is -0.182. The SMILES string of the molecule is CC(C)=C1C=C(c2ccccc2)C(c2ccccc2)C1=O. The fraction of sp³-hybridized carbons (Fsp3) is 0.150. The van der Waals surface area contributed by atoms with Crippen molar-refractivity contribution in [1.82, 2.24) is 0 Å². The lowest BCUT2D eigenvalue weighted by atomic mass is 9.87. The predicted molar refractivity (Wildman–Crippen MR) is 87.0 cm³/mol. The molecule has 0 heterocycles. The van der Waals surface area contributed by atoms with Crippen LogP contribution in [0.25, 0.3) is 5.57 Å². The molecule has 0 aromatic heterocycles. The maximum atomic E-state index is 12.8. The second-order valence-electron chi connectivity index (χ2n) is 5.59. The second kappa shape index (κ2) is 5.53. The zero-order valence-electron chi connectivity index (χ0n) is 12.3. The molecular weight excluding hydrogens is 256 g/mol. The molecule has 0 N–H and O–H groups in total. The maximum Gasteiger partial charge on any atom is 0.174 e. The van der Waals surface area contributed by atoms with Gasteiger partial charge in [-0.2, -0.15) is 0 Å². The van der Waals surface area contributed by atoms with Crippen molar-refractivity contribution in [2.45, 2.75) is 19.8 Å². The second-order valence-corrected chi connectivity index (χ2v) is 5.59. The van der Waals surface area contributed by atoms with Gasteiger partial charge in [-0.15, -0.1) is 0 Å². The summed E-state index contributed by atoms with van der Waals surface area (Å²) in [7, 11) is 0. The van der Waals surface area contributed by atoms with Crippen molar-refractivity contribution in [3.63, 3.8) is 0 Å². The number of hydrogen-bond acceptors (Lipinski definition) is 1. The molecule has 1 atom stereocenters. The Morgan fingerprint density at radius 2 is 1.43 bits per heavy atom. The van der Waals surface area contributed by atoms with Crippen LogP contribution in [0.3, 0.4) is 0 Å². The Balaban J connectivity index is 2.16. The highest BCUT2D eigenvalue weighted by Crippen LogP contribution is 2.41. The third kappa shape index (κ3) is 2.47. The van der Waals surface area contributed by atoms with E-state index in [-0.39, 0.29) is 11.7 Å². The molecule has 104 valence electrons. The number of carbonyl (C=O) groups is 1. The third-order valence-corrected chi connectivity index (χ3v) is 3.92. The van der Waals surface area contributed by atoms with Gasteiger partial charge in [0.2, 0.25) is 0 Å². The Bertz CT molecular complexity index is 717.